The summed E-state index contributed by atoms with van der Waals surface area (Å²) in [6, 6.07) is 0.395. The number of aromatic nitrogens is 2. The lowest BCUT2D eigenvalue weighted by molar-refractivity contribution is 0.0240. The molecule has 3 aliphatic heterocycles. The van der Waals surface area contributed by atoms with Gasteiger partial charge in [0.15, 0.2) is 0 Å². The molecule has 0 saturated carbocycles. The number of carbonyl (C=O) groups is 1. The molecule has 9 nitrogen and oxygen atoms in total. The lowest BCUT2D eigenvalue weighted by Gasteiger charge is -2.37. The van der Waals surface area contributed by atoms with E-state index < -0.39 is 5.60 Å². The highest BCUT2D eigenvalue weighted by Gasteiger charge is 2.29. The fourth-order valence-electron chi connectivity index (χ4n) is 3.97. The number of carbonyl (C=O) groups excluding carboxylic acids is 1. The Balaban J connectivity index is 0.000000391. The Morgan fingerprint density at radius 2 is 1.71 bits per heavy atom. The molecule has 3 aliphatic rings. The van der Waals surface area contributed by atoms with Crippen molar-refractivity contribution in [2.45, 2.75) is 52.2 Å². The van der Waals surface area contributed by atoms with Crippen LogP contribution in [-0.4, -0.2) is 91.4 Å². The van der Waals surface area contributed by atoms with E-state index >= 15 is 0 Å². The number of nitrogens with zero attached hydrogens (tertiary/aromatic N) is 5. The molecule has 2 saturated heterocycles. The van der Waals surface area contributed by atoms with Gasteiger partial charge in [-0.05, 0) is 66.7 Å². The van der Waals surface area contributed by atoms with E-state index in [4.69, 9.17) is 9.47 Å². The van der Waals surface area contributed by atoms with Crippen molar-refractivity contribution in [2.75, 3.05) is 64.9 Å². The second-order valence-electron chi connectivity index (χ2n) is 9.35. The zero-order chi connectivity index (χ0) is 22.4. The minimum atomic E-state index is -0.472. The summed E-state index contributed by atoms with van der Waals surface area (Å²) in [5, 5.41) is 3.33. The monoisotopic (exact) mass is 434 g/mol. The van der Waals surface area contributed by atoms with E-state index in [-0.39, 0.29) is 6.09 Å². The molecule has 1 N–H and O–H groups in total. The molecule has 0 bridgehead atoms. The average molecular weight is 435 g/mol. The van der Waals surface area contributed by atoms with Crippen molar-refractivity contribution in [2.24, 2.45) is 0 Å². The van der Waals surface area contributed by atoms with Gasteiger partial charge in [-0.25, -0.2) is 4.79 Å². The molecular weight excluding hydrogens is 396 g/mol. The molecule has 1 aromatic rings. The highest BCUT2D eigenvalue weighted by atomic mass is 16.6. The zero-order valence-electron chi connectivity index (χ0n) is 19.7. The highest BCUT2D eigenvalue weighted by molar-refractivity contribution is 5.68. The Morgan fingerprint density at radius 1 is 1.03 bits per heavy atom. The van der Waals surface area contributed by atoms with Crippen LogP contribution in [0.1, 0.15) is 44.9 Å². The molecule has 1 amide bonds. The molecule has 31 heavy (non-hydrogen) atoms. The van der Waals surface area contributed by atoms with E-state index in [0.717, 1.165) is 44.1 Å². The number of amides is 1. The van der Waals surface area contributed by atoms with Crippen LogP contribution in [0.15, 0.2) is 0 Å². The van der Waals surface area contributed by atoms with Crippen LogP contribution in [0.3, 0.4) is 0 Å². The Labute approximate surface area is 186 Å². The largest absolute Gasteiger partial charge is 0.467 e. The summed E-state index contributed by atoms with van der Waals surface area (Å²) in [7, 11) is 3.76. The standard InChI is InChI=1S/C17H27N5O3.C5H11N/c1-17(2,3)25-16(23)22-9-7-21(8-10-22)14-12-5-6-18-11-13(12)19-15(20-14)24-4;1-6-4-2-3-5-6/h18H,5-11H2,1-4H3;2-5H2,1H3. The van der Waals surface area contributed by atoms with Gasteiger partial charge < -0.3 is 29.5 Å². The van der Waals surface area contributed by atoms with E-state index in [1.54, 1.807) is 12.0 Å². The minimum absolute atomic E-state index is 0.251. The maximum Gasteiger partial charge on any atom is 0.410 e. The van der Waals surface area contributed by atoms with Crippen LogP contribution < -0.4 is 15.0 Å². The SMILES string of the molecule is CN1CCCC1.COc1nc2c(c(N3CCN(C(=O)OC(C)(C)C)CC3)n1)CCNC2. The molecule has 4 heterocycles. The van der Waals surface area contributed by atoms with Gasteiger partial charge in [0.25, 0.3) is 0 Å². The summed E-state index contributed by atoms with van der Waals surface area (Å²) in [6.45, 7) is 12.6. The lowest BCUT2D eigenvalue weighted by Crippen LogP contribution is -2.50. The number of rotatable bonds is 2. The maximum absolute atomic E-state index is 12.2. The number of likely N-dealkylation sites (tertiary alicyclic amines) is 1. The number of methoxy groups -OCH3 is 1. The number of piperazine rings is 1. The number of hydrogen-bond donors (Lipinski definition) is 1. The lowest BCUT2D eigenvalue weighted by atomic mass is 10.1. The van der Waals surface area contributed by atoms with Crippen molar-refractivity contribution in [3.05, 3.63) is 11.3 Å². The first-order chi connectivity index (χ1) is 14.8. The molecule has 1 aromatic heterocycles. The molecule has 2 fully saturated rings. The second-order valence-corrected chi connectivity index (χ2v) is 9.35. The van der Waals surface area contributed by atoms with Gasteiger partial charge in [-0.15, -0.1) is 0 Å². The Kier molecular flexibility index (Phi) is 7.94. The van der Waals surface area contributed by atoms with Crippen LogP contribution in [0.4, 0.5) is 10.6 Å². The first-order valence-electron chi connectivity index (χ1n) is 11.3. The van der Waals surface area contributed by atoms with Gasteiger partial charge in [-0.2, -0.15) is 9.97 Å². The van der Waals surface area contributed by atoms with Gasteiger partial charge in [0, 0.05) is 38.3 Å². The average Bonchev–Trinajstić information content (AvgIpc) is 3.23. The summed E-state index contributed by atoms with van der Waals surface area (Å²) in [5.41, 5.74) is 1.72. The molecule has 4 rings (SSSR count). The second kappa shape index (κ2) is 10.5. The van der Waals surface area contributed by atoms with Crippen LogP contribution >= 0.6 is 0 Å². The minimum Gasteiger partial charge on any atom is -0.467 e. The Bertz CT molecular complexity index is 737. The summed E-state index contributed by atoms with van der Waals surface area (Å²) in [4.78, 5) is 27.6. The summed E-state index contributed by atoms with van der Waals surface area (Å²) < 4.78 is 10.7. The Hall–Kier alpha value is -2.13. The van der Waals surface area contributed by atoms with E-state index in [0.29, 0.717) is 19.1 Å². The Morgan fingerprint density at radius 3 is 2.26 bits per heavy atom. The quantitative estimate of drug-likeness (QED) is 0.756. The van der Waals surface area contributed by atoms with Crippen molar-refractivity contribution in [3.8, 4) is 6.01 Å². The molecule has 174 valence electrons. The van der Waals surface area contributed by atoms with Gasteiger partial charge in [0.2, 0.25) is 0 Å². The van der Waals surface area contributed by atoms with Crippen LogP contribution in [0.2, 0.25) is 0 Å². The van der Waals surface area contributed by atoms with Crippen molar-refractivity contribution in [3.63, 3.8) is 0 Å². The van der Waals surface area contributed by atoms with Crippen molar-refractivity contribution < 1.29 is 14.3 Å². The number of ether oxygens (including phenoxy) is 2. The molecule has 9 heteroatoms. The molecule has 0 radical (unpaired) electrons. The summed E-state index contributed by atoms with van der Waals surface area (Å²) >= 11 is 0. The van der Waals surface area contributed by atoms with E-state index in [2.05, 4.69) is 32.1 Å². The topological polar surface area (TPSA) is 83.1 Å². The fraction of sp³-hybridized carbons (Fsp3) is 0.773. The van der Waals surface area contributed by atoms with Gasteiger partial charge in [-0.3, -0.25) is 0 Å². The third-order valence-corrected chi connectivity index (χ3v) is 5.64. The molecule has 0 aromatic carbocycles. The van der Waals surface area contributed by atoms with Crippen molar-refractivity contribution in [1.29, 1.82) is 0 Å². The smallest absolute Gasteiger partial charge is 0.410 e. The predicted molar refractivity (Wildman–Crippen MR) is 121 cm³/mol. The maximum atomic E-state index is 12.2. The summed E-state index contributed by atoms with van der Waals surface area (Å²) in [5.74, 6) is 0.937. The van der Waals surface area contributed by atoms with E-state index in [9.17, 15) is 4.79 Å². The number of anilines is 1. The van der Waals surface area contributed by atoms with E-state index in [1.807, 2.05) is 20.8 Å². The molecule has 0 unspecified atom stereocenters. The van der Waals surface area contributed by atoms with Crippen molar-refractivity contribution in [1.82, 2.24) is 25.1 Å². The van der Waals surface area contributed by atoms with Crippen LogP contribution in [-0.2, 0) is 17.7 Å². The van der Waals surface area contributed by atoms with Gasteiger partial charge in [-0.1, -0.05) is 0 Å². The van der Waals surface area contributed by atoms with Gasteiger partial charge >= 0.3 is 12.1 Å². The van der Waals surface area contributed by atoms with Crippen molar-refractivity contribution >= 4 is 11.9 Å². The molecule has 0 aliphatic carbocycles. The first kappa shape index (κ1) is 23.5. The van der Waals surface area contributed by atoms with Crippen LogP contribution in [0.5, 0.6) is 6.01 Å². The normalized spacial score (nSPS) is 19.4. The van der Waals surface area contributed by atoms with Crippen LogP contribution in [0, 0.1) is 0 Å². The molecular formula is C22H38N6O3. The highest BCUT2D eigenvalue weighted by Crippen LogP contribution is 2.27. The fourth-order valence-corrected chi connectivity index (χ4v) is 3.97. The predicted octanol–water partition coefficient (Wildman–Crippen LogP) is 1.90. The molecule has 0 spiro atoms. The van der Waals surface area contributed by atoms with Crippen LogP contribution in [0.25, 0.3) is 0 Å². The summed E-state index contributed by atoms with van der Waals surface area (Å²) in [6.07, 6.45) is 3.48. The number of nitrogens with one attached hydrogen (secondary N) is 1. The third kappa shape index (κ3) is 6.67. The zero-order valence-corrected chi connectivity index (χ0v) is 19.7. The van der Waals surface area contributed by atoms with E-state index in [1.165, 1.54) is 31.5 Å². The number of hydrogen-bond acceptors (Lipinski definition) is 8. The van der Waals surface area contributed by atoms with Gasteiger partial charge in [0.1, 0.15) is 11.4 Å². The first-order valence-corrected chi connectivity index (χ1v) is 11.3. The third-order valence-electron chi connectivity index (χ3n) is 5.64. The van der Waals surface area contributed by atoms with Gasteiger partial charge in [0.05, 0.1) is 12.8 Å². The number of fused-ring (bicyclic) bond motifs is 1. The molecule has 0 atom stereocenters.